The van der Waals surface area contributed by atoms with Crippen LogP contribution in [0, 0.1) is 17.0 Å². The topological polar surface area (TPSA) is 91.4 Å². The maximum atomic E-state index is 12.4. The number of nitro groups is 1. The van der Waals surface area contributed by atoms with Crippen molar-refractivity contribution in [3.05, 3.63) is 50.4 Å². The van der Waals surface area contributed by atoms with E-state index in [1.807, 2.05) is 0 Å². The normalized spacial score (nSPS) is 10.6. The Balaban J connectivity index is 2.65. The van der Waals surface area contributed by atoms with E-state index in [0.717, 1.165) is 10.1 Å². The Morgan fingerprint density at radius 2 is 2.10 bits per heavy atom. The minimum atomic E-state index is -0.599. The van der Waals surface area contributed by atoms with Crippen LogP contribution in [0.3, 0.4) is 0 Å². The molecular weight excluding hydrogens is 276 g/mol. The summed E-state index contributed by atoms with van der Waals surface area (Å²) < 4.78 is 5.90. The first kappa shape index (κ1) is 14.7. The molecule has 21 heavy (non-hydrogen) atoms. The van der Waals surface area contributed by atoms with Gasteiger partial charge in [-0.1, -0.05) is 6.07 Å². The Hall–Kier alpha value is -2.70. The molecule has 1 aromatic heterocycles. The summed E-state index contributed by atoms with van der Waals surface area (Å²) in [6.07, 6.45) is 1.44. The van der Waals surface area contributed by atoms with E-state index >= 15 is 0 Å². The van der Waals surface area contributed by atoms with Crippen LogP contribution in [-0.4, -0.2) is 22.1 Å². The number of hydrogen-bond acceptors (Lipinski definition) is 5. The number of benzene rings is 1. The number of pyridine rings is 1. The standard InChI is InChI=1S/C14H14N2O5/c1-3-21-12(17)8-15-7-6-10-9(2)4-5-11(16(19)20)13(10)14(15)18/h4-7H,3,8H2,1-2H3. The van der Waals surface area contributed by atoms with Gasteiger partial charge in [-0.2, -0.15) is 0 Å². The van der Waals surface area contributed by atoms with Crippen LogP contribution < -0.4 is 5.56 Å². The predicted molar refractivity (Wildman–Crippen MR) is 76.2 cm³/mol. The number of nitrogens with zero attached hydrogens (tertiary/aromatic N) is 2. The maximum Gasteiger partial charge on any atom is 0.326 e. The first-order chi connectivity index (χ1) is 9.95. The molecule has 0 saturated heterocycles. The fraction of sp³-hybridized carbons (Fsp3) is 0.286. The van der Waals surface area contributed by atoms with E-state index in [9.17, 15) is 19.7 Å². The van der Waals surface area contributed by atoms with Gasteiger partial charge in [0.1, 0.15) is 11.9 Å². The summed E-state index contributed by atoms with van der Waals surface area (Å²) in [6.45, 7) is 3.37. The van der Waals surface area contributed by atoms with E-state index < -0.39 is 16.5 Å². The van der Waals surface area contributed by atoms with E-state index in [1.165, 1.54) is 12.3 Å². The fourth-order valence-electron chi connectivity index (χ4n) is 2.15. The number of rotatable bonds is 4. The molecule has 110 valence electrons. The summed E-state index contributed by atoms with van der Waals surface area (Å²) in [5.74, 6) is -0.561. The molecule has 2 rings (SSSR count). The lowest BCUT2D eigenvalue weighted by molar-refractivity contribution is -0.383. The third-order valence-electron chi connectivity index (χ3n) is 3.14. The average Bonchev–Trinajstić information content (AvgIpc) is 2.42. The molecule has 1 aromatic carbocycles. The van der Waals surface area contributed by atoms with Crippen molar-refractivity contribution in [3.8, 4) is 0 Å². The van der Waals surface area contributed by atoms with Gasteiger partial charge in [-0.25, -0.2) is 0 Å². The first-order valence-electron chi connectivity index (χ1n) is 6.38. The molecule has 2 aromatic rings. The highest BCUT2D eigenvalue weighted by Gasteiger charge is 2.18. The number of hydrogen-bond donors (Lipinski definition) is 0. The van der Waals surface area contributed by atoms with Gasteiger partial charge in [-0.15, -0.1) is 0 Å². The second kappa shape index (κ2) is 5.74. The quantitative estimate of drug-likeness (QED) is 0.486. The SMILES string of the molecule is CCOC(=O)Cn1ccc2c(C)ccc([N+](=O)[O-])c2c1=O. The first-order valence-corrected chi connectivity index (χ1v) is 6.38. The van der Waals surface area contributed by atoms with Crippen LogP contribution in [0.25, 0.3) is 10.8 Å². The number of aryl methyl sites for hydroxylation is 1. The Morgan fingerprint density at radius 3 is 2.71 bits per heavy atom. The van der Waals surface area contributed by atoms with Gasteiger partial charge in [0, 0.05) is 12.3 Å². The van der Waals surface area contributed by atoms with Crippen molar-refractivity contribution in [3.63, 3.8) is 0 Å². The number of non-ortho nitro benzene ring substituents is 1. The largest absolute Gasteiger partial charge is 0.465 e. The van der Waals surface area contributed by atoms with E-state index in [-0.39, 0.29) is 24.2 Å². The van der Waals surface area contributed by atoms with Crippen molar-refractivity contribution in [1.82, 2.24) is 4.57 Å². The van der Waals surface area contributed by atoms with Crippen LogP contribution in [0.2, 0.25) is 0 Å². The number of aromatic nitrogens is 1. The van der Waals surface area contributed by atoms with Crippen LogP contribution >= 0.6 is 0 Å². The van der Waals surface area contributed by atoms with E-state index in [1.54, 1.807) is 26.0 Å². The number of ether oxygens (including phenoxy) is 1. The number of esters is 1. The minimum Gasteiger partial charge on any atom is -0.465 e. The zero-order valence-electron chi connectivity index (χ0n) is 11.7. The Labute approximate surface area is 119 Å². The van der Waals surface area contributed by atoms with E-state index in [2.05, 4.69) is 0 Å². The third kappa shape index (κ3) is 2.76. The molecule has 0 spiro atoms. The van der Waals surface area contributed by atoms with Crippen LogP contribution in [0.1, 0.15) is 12.5 Å². The molecule has 1 heterocycles. The van der Waals surface area contributed by atoms with Crippen molar-refractivity contribution in [2.75, 3.05) is 6.61 Å². The van der Waals surface area contributed by atoms with Crippen LogP contribution in [-0.2, 0) is 16.1 Å². The Morgan fingerprint density at radius 1 is 1.38 bits per heavy atom. The van der Waals surface area contributed by atoms with E-state index in [0.29, 0.717) is 5.39 Å². The number of nitro benzene ring substituents is 1. The van der Waals surface area contributed by atoms with Gasteiger partial charge in [0.2, 0.25) is 0 Å². The van der Waals surface area contributed by atoms with Crippen molar-refractivity contribution in [2.45, 2.75) is 20.4 Å². The summed E-state index contributed by atoms with van der Waals surface area (Å²) in [4.78, 5) is 34.3. The molecule has 0 aliphatic carbocycles. The van der Waals surface area contributed by atoms with Crippen molar-refractivity contribution < 1.29 is 14.5 Å². The molecule has 7 nitrogen and oxygen atoms in total. The van der Waals surface area contributed by atoms with Crippen LogP contribution in [0.15, 0.2) is 29.2 Å². The zero-order chi connectivity index (χ0) is 15.6. The van der Waals surface area contributed by atoms with Gasteiger partial charge >= 0.3 is 5.97 Å². The summed E-state index contributed by atoms with van der Waals surface area (Å²) in [5.41, 5.74) is -0.0780. The summed E-state index contributed by atoms with van der Waals surface area (Å²) in [7, 11) is 0. The highest BCUT2D eigenvalue weighted by atomic mass is 16.6. The molecule has 0 bridgehead atoms. The fourth-order valence-corrected chi connectivity index (χ4v) is 2.15. The Bertz CT molecular complexity index is 779. The number of carbonyl (C=O) groups excluding carboxylic acids is 1. The van der Waals surface area contributed by atoms with Gasteiger partial charge in [0.15, 0.2) is 0 Å². The van der Waals surface area contributed by atoms with Gasteiger partial charge < -0.3 is 9.30 Å². The molecule has 0 unspecified atom stereocenters. The van der Waals surface area contributed by atoms with Gasteiger partial charge in [0.05, 0.1) is 11.5 Å². The van der Waals surface area contributed by atoms with Crippen LogP contribution in [0.5, 0.6) is 0 Å². The van der Waals surface area contributed by atoms with Crippen molar-refractivity contribution >= 4 is 22.4 Å². The van der Waals surface area contributed by atoms with Gasteiger partial charge in [0.25, 0.3) is 11.2 Å². The lowest BCUT2D eigenvalue weighted by Crippen LogP contribution is -2.25. The molecule has 0 saturated carbocycles. The minimum absolute atomic E-state index is 0.00629. The third-order valence-corrected chi connectivity index (χ3v) is 3.14. The van der Waals surface area contributed by atoms with Gasteiger partial charge in [-0.05, 0) is 30.9 Å². The Kier molecular flexibility index (Phi) is 4.02. The molecular formula is C14H14N2O5. The second-order valence-electron chi connectivity index (χ2n) is 4.50. The van der Waals surface area contributed by atoms with Crippen molar-refractivity contribution in [2.24, 2.45) is 0 Å². The highest BCUT2D eigenvalue weighted by Crippen LogP contribution is 2.24. The lowest BCUT2D eigenvalue weighted by Gasteiger charge is -2.08. The molecule has 0 N–H and O–H groups in total. The molecule has 0 radical (unpaired) electrons. The lowest BCUT2D eigenvalue weighted by atomic mass is 10.1. The summed E-state index contributed by atoms with van der Waals surface area (Å²) in [5, 5.41) is 11.6. The highest BCUT2D eigenvalue weighted by molar-refractivity contribution is 5.92. The maximum absolute atomic E-state index is 12.4. The average molecular weight is 290 g/mol. The van der Waals surface area contributed by atoms with E-state index in [4.69, 9.17) is 4.74 Å². The monoisotopic (exact) mass is 290 g/mol. The van der Waals surface area contributed by atoms with Crippen molar-refractivity contribution in [1.29, 1.82) is 0 Å². The zero-order valence-corrected chi connectivity index (χ0v) is 11.7. The second-order valence-corrected chi connectivity index (χ2v) is 4.50. The molecule has 0 fully saturated rings. The molecule has 0 atom stereocenters. The van der Waals surface area contributed by atoms with Crippen LogP contribution in [0.4, 0.5) is 5.69 Å². The van der Waals surface area contributed by atoms with Gasteiger partial charge in [-0.3, -0.25) is 19.7 Å². The molecule has 0 aliphatic heterocycles. The number of carbonyl (C=O) groups is 1. The predicted octanol–water partition coefficient (Wildman–Crippen LogP) is 1.78. The summed E-state index contributed by atoms with van der Waals surface area (Å²) >= 11 is 0. The summed E-state index contributed by atoms with van der Waals surface area (Å²) in [6, 6.07) is 4.49. The number of fused-ring (bicyclic) bond motifs is 1. The molecule has 7 heteroatoms. The smallest absolute Gasteiger partial charge is 0.326 e. The molecule has 0 aliphatic rings. The molecule has 0 amide bonds.